The van der Waals surface area contributed by atoms with Gasteiger partial charge in [0, 0.05) is 17.8 Å². The summed E-state index contributed by atoms with van der Waals surface area (Å²) >= 11 is 0. The Morgan fingerprint density at radius 1 is 1.00 bits per heavy atom. The number of H-pyrrole nitrogens is 1. The molecule has 0 saturated heterocycles. The minimum absolute atomic E-state index is 0.191. The van der Waals surface area contributed by atoms with Gasteiger partial charge >= 0.3 is 0 Å². The maximum absolute atomic E-state index is 13.2. The number of phenols is 2. The lowest BCUT2D eigenvalue weighted by atomic mass is 10.1. The smallest absolute Gasteiger partial charge is 0.166 e. The van der Waals surface area contributed by atoms with E-state index in [1.54, 1.807) is 36.4 Å². The van der Waals surface area contributed by atoms with Gasteiger partial charge in [0.25, 0.3) is 0 Å². The zero-order chi connectivity index (χ0) is 14.8. The average molecular weight is 285 g/mol. The summed E-state index contributed by atoms with van der Waals surface area (Å²) in [6.07, 6.45) is 0. The summed E-state index contributed by atoms with van der Waals surface area (Å²) in [5, 5.41) is 28.3. The van der Waals surface area contributed by atoms with Gasteiger partial charge in [0.15, 0.2) is 17.4 Å². The first-order chi connectivity index (χ1) is 10.1. The van der Waals surface area contributed by atoms with Crippen molar-refractivity contribution in [1.29, 1.82) is 0 Å². The van der Waals surface area contributed by atoms with E-state index < -0.39 is 11.6 Å². The van der Waals surface area contributed by atoms with Crippen molar-refractivity contribution in [3.05, 3.63) is 54.3 Å². The topological polar surface area (TPSA) is 81.2 Å². The first-order valence-electron chi connectivity index (χ1n) is 6.22. The van der Waals surface area contributed by atoms with E-state index in [1.165, 1.54) is 12.1 Å². The molecule has 0 bridgehead atoms. The van der Waals surface area contributed by atoms with Crippen molar-refractivity contribution in [2.75, 3.05) is 5.32 Å². The fourth-order valence-electron chi connectivity index (χ4n) is 1.91. The predicted octanol–water partition coefficient (Wildman–Crippen LogP) is 3.37. The van der Waals surface area contributed by atoms with Crippen LogP contribution in [0.1, 0.15) is 0 Å². The van der Waals surface area contributed by atoms with E-state index >= 15 is 0 Å². The van der Waals surface area contributed by atoms with E-state index in [0.717, 1.165) is 11.3 Å². The molecule has 0 amide bonds. The number of rotatable bonds is 3. The average Bonchev–Trinajstić information content (AvgIpc) is 2.92. The van der Waals surface area contributed by atoms with Crippen LogP contribution >= 0.6 is 0 Å². The van der Waals surface area contributed by atoms with Gasteiger partial charge in [0.1, 0.15) is 5.75 Å². The highest BCUT2D eigenvalue weighted by Gasteiger charge is 2.06. The number of halogens is 1. The van der Waals surface area contributed by atoms with Gasteiger partial charge in [-0.15, -0.1) is 0 Å². The van der Waals surface area contributed by atoms with Crippen molar-refractivity contribution < 1.29 is 14.6 Å². The Balaban J connectivity index is 1.81. The molecule has 0 saturated carbocycles. The van der Waals surface area contributed by atoms with Crippen molar-refractivity contribution >= 4 is 11.5 Å². The molecule has 0 aliphatic carbocycles. The van der Waals surface area contributed by atoms with Gasteiger partial charge in [-0.3, -0.25) is 5.10 Å². The van der Waals surface area contributed by atoms with Gasteiger partial charge in [-0.25, -0.2) is 4.39 Å². The zero-order valence-electron chi connectivity index (χ0n) is 10.8. The molecule has 1 aromatic heterocycles. The van der Waals surface area contributed by atoms with Crippen LogP contribution in [0.2, 0.25) is 0 Å². The van der Waals surface area contributed by atoms with E-state index in [2.05, 4.69) is 15.5 Å². The standard InChI is InChI=1S/C15H12FN3O2/c16-12-7-10(3-6-14(12)21)17-15-8-13(18-19-15)9-1-4-11(20)5-2-9/h1-8,20-21H,(H2,17,18,19). The van der Waals surface area contributed by atoms with Gasteiger partial charge in [-0.05, 0) is 42.0 Å². The lowest BCUT2D eigenvalue weighted by Crippen LogP contribution is -1.91. The van der Waals surface area contributed by atoms with Crippen LogP contribution in [0, 0.1) is 5.82 Å². The quantitative estimate of drug-likeness (QED) is 0.556. The van der Waals surface area contributed by atoms with Crippen LogP contribution in [0.3, 0.4) is 0 Å². The summed E-state index contributed by atoms with van der Waals surface area (Å²) in [6.45, 7) is 0. The maximum Gasteiger partial charge on any atom is 0.166 e. The predicted molar refractivity (Wildman–Crippen MR) is 77.0 cm³/mol. The summed E-state index contributed by atoms with van der Waals surface area (Å²) in [5.41, 5.74) is 2.11. The van der Waals surface area contributed by atoms with Crippen LogP contribution in [0.5, 0.6) is 11.5 Å². The van der Waals surface area contributed by atoms with Gasteiger partial charge in [0.2, 0.25) is 0 Å². The van der Waals surface area contributed by atoms with E-state index in [-0.39, 0.29) is 5.75 Å². The molecule has 3 aromatic rings. The summed E-state index contributed by atoms with van der Waals surface area (Å²) < 4.78 is 13.2. The van der Waals surface area contributed by atoms with E-state index in [0.29, 0.717) is 11.5 Å². The number of nitrogens with zero attached hydrogens (tertiary/aromatic N) is 1. The lowest BCUT2D eigenvalue weighted by molar-refractivity contribution is 0.432. The number of hydrogen-bond donors (Lipinski definition) is 4. The summed E-state index contributed by atoms with van der Waals surface area (Å²) in [6, 6.07) is 12.4. The molecule has 4 N–H and O–H groups in total. The second kappa shape index (κ2) is 5.16. The molecule has 0 aliphatic rings. The summed E-state index contributed by atoms with van der Waals surface area (Å²) in [5.74, 6) is -0.388. The Morgan fingerprint density at radius 3 is 2.48 bits per heavy atom. The summed E-state index contributed by atoms with van der Waals surface area (Å²) in [7, 11) is 0. The lowest BCUT2D eigenvalue weighted by Gasteiger charge is -2.03. The van der Waals surface area contributed by atoms with Gasteiger partial charge < -0.3 is 15.5 Å². The normalized spacial score (nSPS) is 10.5. The van der Waals surface area contributed by atoms with Crippen LogP contribution in [-0.4, -0.2) is 20.4 Å². The Bertz CT molecular complexity index is 769. The monoisotopic (exact) mass is 285 g/mol. The van der Waals surface area contributed by atoms with Crippen molar-refractivity contribution in [3.8, 4) is 22.8 Å². The van der Waals surface area contributed by atoms with Gasteiger partial charge in [-0.2, -0.15) is 5.10 Å². The largest absolute Gasteiger partial charge is 0.508 e. The minimum Gasteiger partial charge on any atom is -0.508 e. The van der Waals surface area contributed by atoms with Crippen molar-refractivity contribution in [2.45, 2.75) is 0 Å². The van der Waals surface area contributed by atoms with E-state index in [1.807, 2.05) is 0 Å². The number of hydrogen-bond acceptors (Lipinski definition) is 4. The number of aromatic hydroxyl groups is 2. The number of phenolic OH excluding ortho intramolecular Hbond substituents is 2. The molecular weight excluding hydrogens is 273 g/mol. The second-order valence-electron chi connectivity index (χ2n) is 4.50. The van der Waals surface area contributed by atoms with Gasteiger partial charge in [-0.1, -0.05) is 0 Å². The van der Waals surface area contributed by atoms with Crippen LogP contribution in [0.4, 0.5) is 15.9 Å². The molecule has 21 heavy (non-hydrogen) atoms. The third kappa shape index (κ3) is 2.79. The molecule has 0 radical (unpaired) electrons. The summed E-state index contributed by atoms with van der Waals surface area (Å²) in [4.78, 5) is 0. The van der Waals surface area contributed by atoms with Crippen LogP contribution in [0.15, 0.2) is 48.5 Å². The molecule has 0 fully saturated rings. The Morgan fingerprint density at radius 2 is 1.76 bits per heavy atom. The highest BCUT2D eigenvalue weighted by Crippen LogP contribution is 2.25. The first kappa shape index (κ1) is 13.0. The minimum atomic E-state index is -0.700. The number of aromatic amines is 1. The number of aromatic nitrogens is 2. The highest BCUT2D eigenvalue weighted by atomic mass is 19.1. The fourth-order valence-corrected chi connectivity index (χ4v) is 1.91. The van der Waals surface area contributed by atoms with Gasteiger partial charge in [0.05, 0.1) is 5.69 Å². The third-order valence-electron chi connectivity index (χ3n) is 2.98. The Hall–Kier alpha value is -3.02. The maximum atomic E-state index is 13.2. The molecule has 0 unspecified atom stereocenters. The van der Waals surface area contributed by atoms with Crippen LogP contribution in [0.25, 0.3) is 11.3 Å². The number of nitrogens with one attached hydrogen (secondary N) is 2. The Kier molecular flexibility index (Phi) is 3.19. The molecule has 0 aliphatic heterocycles. The molecule has 3 rings (SSSR count). The van der Waals surface area contributed by atoms with Crippen molar-refractivity contribution in [2.24, 2.45) is 0 Å². The molecule has 1 heterocycles. The van der Waals surface area contributed by atoms with Crippen LogP contribution in [-0.2, 0) is 0 Å². The molecule has 0 atom stereocenters. The molecule has 0 spiro atoms. The highest BCUT2D eigenvalue weighted by molar-refractivity contribution is 5.66. The van der Waals surface area contributed by atoms with E-state index in [9.17, 15) is 9.50 Å². The first-order valence-corrected chi connectivity index (χ1v) is 6.22. The molecular formula is C15H12FN3O2. The second-order valence-corrected chi connectivity index (χ2v) is 4.50. The molecule has 106 valence electrons. The van der Waals surface area contributed by atoms with Crippen molar-refractivity contribution in [3.63, 3.8) is 0 Å². The van der Waals surface area contributed by atoms with Crippen molar-refractivity contribution in [1.82, 2.24) is 10.2 Å². The number of anilines is 2. The zero-order valence-corrected chi connectivity index (χ0v) is 10.8. The fraction of sp³-hybridized carbons (Fsp3) is 0. The molecule has 2 aromatic carbocycles. The SMILES string of the molecule is Oc1ccc(-c2cc(Nc3ccc(O)c(F)c3)n[nH]2)cc1. The van der Waals surface area contributed by atoms with Crippen LogP contribution < -0.4 is 5.32 Å². The third-order valence-corrected chi connectivity index (χ3v) is 2.98. The van der Waals surface area contributed by atoms with E-state index in [4.69, 9.17) is 5.11 Å². The number of benzene rings is 2. The molecule has 5 nitrogen and oxygen atoms in total. The molecule has 6 heteroatoms. The Labute approximate surface area is 119 Å².